The lowest BCUT2D eigenvalue weighted by Gasteiger charge is -2.26. The second kappa shape index (κ2) is 8.81. The molecule has 5 nitrogen and oxygen atoms in total. The smallest absolute Gasteiger partial charge is 0.226 e. The molecular formula is C20H29N3O2. The van der Waals surface area contributed by atoms with Crippen LogP contribution in [-0.4, -0.2) is 41.5 Å². The first kappa shape index (κ1) is 19.2. The number of nitrogens with one attached hydrogen (secondary N) is 1. The highest BCUT2D eigenvalue weighted by molar-refractivity contribution is 5.78. The topological polar surface area (TPSA) is 58.4 Å². The third-order valence-corrected chi connectivity index (χ3v) is 4.55. The van der Waals surface area contributed by atoms with Crippen molar-refractivity contribution in [1.82, 2.24) is 15.2 Å². The summed E-state index contributed by atoms with van der Waals surface area (Å²) in [6, 6.07) is 8.33. The van der Waals surface area contributed by atoms with Gasteiger partial charge in [-0.2, -0.15) is 0 Å². The highest BCUT2D eigenvalue weighted by atomic mass is 16.4. The van der Waals surface area contributed by atoms with E-state index < -0.39 is 0 Å². The van der Waals surface area contributed by atoms with Gasteiger partial charge in [0.1, 0.15) is 5.76 Å². The number of likely N-dealkylation sites (N-methyl/N-ethyl adjacent to an activating group) is 1. The van der Waals surface area contributed by atoms with E-state index in [1.54, 1.807) is 0 Å². The molecule has 0 saturated heterocycles. The summed E-state index contributed by atoms with van der Waals surface area (Å²) < 4.78 is 5.74. The second-order valence-corrected chi connectivity index (χ2v) is 6.44. The van der Waals surface area contributed by atoms with E-state index in [0.29, 0.717) is 29.9 Å². The Morgan fingerprint density at radius 2 is 1.84 bits per heavy atom. The van der Waals surface area contributed by atoms with Crippen LogP contribution in [0, 0.1) is 13.8 Å². The van der Waals surface area contributed by atoms with Crippen molar-refractivity contribution in [3.63, 3.8) is 0 Å². The highest BCUT2D eigenvalue weighted by Gasteiger charge is 2.16. The molecule has 25 heavy (non-hydrogen) atoms. The number of carbonyl (C=O) groups excluding carboxylic acids is 1. The van der Waals surface area contributed by atoms with Crippen LogP contribution in [0.1, 0.15) is 37.8 Å². The largest absolute Gasteiger partial charge is 0.441 e. The number of oxazole rings is 1. The van der Waals surface area contributed by atoms with Crippen molar-refractivity contribution in [1.29, 1.82) is 0 Å². The third kappa shape index (κ3) is 5.16. The fourth-order valence-electron chi connectivity index (χ4n) is 2.86. The lowest BCUT2D eigenvalue weighted by atomic mass is 10.1. The minimum absolute atomic E-state index is 0.0223. The number of carbonyl (C=O) groups is 1. The predicted molar refractivity (Wildman–Crippen MR) is 101 cm³/mol. The van der Waals surface area contributed by atoms with Crippen LogP contribution < -0.4 is 5.32 Å². The molecule has 0 aliphatic rings. The van der Waals surface area contributed by atoms with Crippen LogP contribution in [0.3, 0.4) is 0 Å². The van der Waals surface area contributed by atoms with E-state index in [1.807, 2.05) is 38.1 Å². The van der Waals surface area contributed by atoms with Crippen LogP contribution in [0.25, 0.3) is 11.5 Å². The van der Waals surface area contributed by atoms with Gasteiger partial charge in [-0.25, -0.2) is 4.98 Å². The Balaban J connectivity index is 1.96. The summed E-state index contributed by atoms with van der Waals surface area (Å²) in [5.41, 5.74) is 2.81. The molecule has 0 spiro atoms. The Bertz CT molecular complexity index is 687. The molecule has 0 aliphatic carbocycles. The maximum absolute atomic E-state index is 12.2. The number of aryl methyl sites for hydroxylation is 2. The average molecular weight is 343 g/mol. The monoisotopic (exact) mass is 343 g/mol. The van der Waals surface area contributed by atoms with Crippen molar-refractivity contribution in [2.45, 2.75) is 47.1 Å². The van der Waals surface area contributed by atoms with Crippen LogP contribution >= 0.6 is 0 Å². The first-order valence-corrected chi connectivity index (χ1v) is 8.98. The van der Waals surface area contributed by atoms with Gasteiger partial charge in [-0.15, -0.1) is 0 Å². The van der Waals surface area contributed by atoms with Gasteiger partial charge in [-0.05, 0) is 46.0 Å². The van der Waals surface area contributed by atoms with Crippen molar-refractivity contribution in [3.05, 3.63) is 41.3 Å². The third-order valence-electron chi connectivity index (χ3n) is 4.55. The van der Waals surface area contributed by atoms with Gasteiger partial charge >= 0.3 is 0 Å². The van der Waals surface area contributed by atoms with Gasteiger partial charge in [0.2, 0.25) is 11.8 Å². The predicted octanol–water partition coefficient (Wildman–Crippen LogP) is 3.35. The minimum atomic E-state index is -0.0223. The van der Waals surface area contributed by atoms with Crippen molar-refractivity contribution in [2.24, 2.45) is 0 Å². The normalized spacial score (nSPS) is 12.4. The van der Waals surface area contributed by atoms with Crippen molar-refractivity contribution in [2.75, 3.05) is 19.6 Å². The van der Waals surface area contributed by atoms with E-state index in [4.69, 9.17) is 4.42 Å². The summed E-state index contributed by atoms with van der Waals surface area (Å²) in [5, 5.41) is 3.00. The summed E-state index contributed by atoms with van der Waals surface area (Å²) in [6.07, 6.45) is 0.242. The molecule has 1 aromatic heterocycles. The number of rotatable bonds is 8. The number of nitrogens with zero attached hydrogens (tertiary/aromatic N) is 2. The zero-order valence-corrected chi connectivity index (χ0v) is 15.9. The quantitative estimate of drug-likeness (QED) is 0.798. The molecule has 1 atom stereocenters. The SMILES string of the molecule is CCN(CC)C(C)CNC(=O)Cc1nc(-c2ccc(C)cc2)oc1C. The van der Waals surface area contributed by atoms with Gasteiger partial charge in [0.25, 0.3) is 0 Å². The first-order chi connectivity index (χ1) is 11.9. The lowest BCUT2D eigenvalue weighted by Crippen LogP contribution is -2.42. The summed E-state index contributed by atoms with van der Waals surface area (Å²) in [7, 11) is 0. The fraction of sp³-hybridized carbons (Fsp3) is 0.500. The minimum Gasteiger partial charge on any atom is -0.441 e. The second-order valence-electron chi connectivity index (χ2n) is 6.44. The summed E-state index contributed by atoms with van der Waals surface area (Å²) in [6.45, 7) is 12.9. The van der Waals surface area contributed by atoms with Gasteiger partial charge in [0.05, 0.1) is 12.1 Å². The summed E-state index contributed by atoms with van der Waals surface area (Å²) in [4.78, 5) is 19.1. The van der Waals surface area contributed by atoms with E-state index in [1.165, 1.54) is 5.56 Å². The molecule has 5 heteroatoms. The van der Waals surface area contributed by atoms with Crippen molar-refractivity contribution < 1.29 is 9.21 Å². The molecule has 0 radical (unpaired) electrons. The van der Waals surface area contributed by atoms with Crippen LogP contribution in [0.4, 0.5) is 0 Å². The first-order valence-electron chi connectivity index (χ1n) is 8.98. The molecular weight excluding hydrogens is 314 g/mol. The molecule has 1 heterocycles. The molecule has 2 rings (SSSR count). The van der Waals surface area contributed by atoms with E-state index in [-0.39, 0.29) is 12.3 Å². The van der Waals surface area contributed by atoms with E-state index in [0.717, 1.165) is 18.7 Å². The maximum Gasteiger partial charge on any atom is 0.226 e. The Morgan fingerprint density at radius 1 is 1.20 bits per heavy atom. The standard InChI is InChI=1S/C20H29N3O2/c1-6-23(7-2)15(4)13-21-19(24)12-18-16(5)25-20(22-18)17-10-8-14(3)9-11-17/h8-11,15H,6-7,12-13H2,1-5H3,(H,21,24). The maximum atomic E-state index is 12.2. The van der Waals surface area contributed by atoms with Gasteiger partial charge in [0, 0.05) is 18.2 Å². The Labute approximate surface area is 150 Å². The van der Waals surface area contributed by atoms with E-state index in [9.17, 15) is 4.79 Å². The molecule has 136 valence electrons. The Morgan fingerprint density at radius 3 is 2.44 bits per heavy atom. The number of hydrogen-bond acceptors (Lipinski definition) is 4. The van der Waals surface area contributed by atoms with E-state index in [2.05, 4.69) is 36.0 Å². The van der Waals surface area contributed by atoms with Crippen LogP contribution in [0.5, 0.6) is 0 Å². The molecule has 1 unspecified atom stereocenters. The van der Waals surface area contributed by atoms with Crippen LogP contribution in [0.15, 0.2) is 28.7 Å². The fourth-order valence-corrected chi connectivity index (χ4v) is 2.86. The van der Waals surface area contributed by atoms with Gasteiger partial charge in [-0.3, -0.25) is 9.69 Å². The lowest BCUT2D eigenvalue weighted by molar-refractivity contribution is -0.120. The van der Waals surface area contributed by atoms with E-state index >= 15 is 0 Å². The van der Waals surface area contributed by atoms with Gasteiger partial charge < -0.3 is 9.73 Å². The summed E-state index contributed by atoms with van der Waals surface area (Å²) in [5.74, 6) is 1.24. The number of aromatic nitrogens is 1. The summed E-state index contributed by atoms with van der Waals surface area (Å²) >= 11 is 0. The Hall–Kier alpha value is -2.14. The van der Waals surface area contributed by atoms with Crippen molar-refractivity contribution >= 4 is 5.91 Å². The molecule has 2 aromatic rings. The number of amides is 1. The molecule has 1 N–H and O–H groups in total. The van der Waals surface area contributed by atoms with Gasteiger partial charge in [0.15, 0.2) is 0 Å². The average Bonchev–Trinajstić information content (AvgIpc) is 2.95. The number of hydrogen-bond donors (Lipinski definition) is 1. The van der Waals surface area contributed by atoms with Crippen molar-refractivity contribution in [3.8, 4) is 11.5 Å². The van der Waals surface area contributed by atoms with Crippen LogP contribution in [-0.2, 0) is 11.2 Å². The van der Waals surface area contributed by atoms with Crippen LogP contribution in [0.2, 0.25) is 0 Å². The zero-order valence-electron chi connectivity index (χ0n) is 15.9. The Kier molecular flexibility index (Phi) is 6.76. The molecule has 0 saturated carbocycles. The molecule has 1 amide bonds. The molecule has 0 aliphatic heterocycles. The zero-order chi connectivity index (χ0) is 18.4. The molecule has 0 fully saturated rings. The number of benzene rings is 1. The van der Waals surface area contributed by atoms with Gasteiger partial charge in [-0.1, -0.05) is 31.5 Å². The molecule has 0 bridgehead atoms. The highest BCUT2D eigenvalue weighted by Crippen LogP contribution is 2.22. The molecule has 1 aromatic carbocycles.